The van der Waals surface area contributed by atoms with Gasteiger partial charge in [0.2, 0.25) is 0 Å². The van der Waals surface area contributed by atoms with Crippen molar-refractivity contribution in [1.29, 1.82) is 0 Å². The molecule has 0 saturated carbocycles. The van der Waals surface area contributed by atoms with E-state index in [0.29, 0.717) is 0 Å². The van der Waals surface area contributed by atoms with Gasteiger partial charge in [-0.1, -0.05) is 140 Å². The number of fused-ring (bicyclic) bond motifs is 5. The summed E-state index contributed by atoms with van der Waals surface area (Å²) in [7, 11) is 0. The third kappa shape index (κ3) is 4.46. The van der Waals surface area contributed by atoms with Crippen molar-refractivity contribution >= 4 is 70.1 Å². The Labute approximate surface area is 272 Å². The van der Waals surface area contributed by atoms with E-state index in [1.807, 2.05) is 11.3 Å². The smallest absolute Gasteiger partial charge is 0.0718 e. The molecule has 1 heterocycles. The van der Waals surface area contributed by atoms with Crippen LogP contribution in [0.25, 0.3) is 64.0 Å². The summed E-state index contributed by atoms with van der Waals surface area (Å²) in [5.74, 6) is 0. The molecule has 1 aromatic heterocycles. The van der Waals surface area contributed by atoms with Gasteiger partial charge in [-0.25, -0.2) is 0 Å². The van der Waals surface area contributed by atoms with Crippen LogP contribution in [0.15, 0.2) is 176 Å². The first kappa shape index (κ1) is 26.7. The third-order valence-corrected chi connectivity index (χ3v) is 10.2. The van der Waals surface area contributed by atoms with Crippen molar-refractivity contribution in [1.82, 2.24) is 0 Å². The number of benzene rings is 8. The molecule has 216 valence electrons. The highest BCUT2D eigenvalue weighted by Gasteiger charge is 2.22. The highest BCUT2D eigenvalue weighted by Crippen LogP contribution is 2.49. The summed E-state index contributed by atoms with van der Waals surface area (Å²) < 4.78 is 2.60. The minimum atomic E-state index is 1.13. The van der Waals surface area contributed by atoms with E-state index >= 15 is 0 Å². The summed E-state index contributed by atoms with van der Waals surface area (Å²) in [5, 5.41) is 7.61. The zero-order valence-electron chi connectivity index (χ0n) is 25.1. The summed E-state index contributed by atoms with van der Waals surface area (Å²) in [6.45, 7) is 0. The Morgan fingerprint density at radius 3 is 1.87 bits per heavy atom. The zero-order valence-corrected chi connectivity index (χ0v) is 25.9. The lowest BCUT2D eigenvalue weighted by molar-refractivity contribution is 1.31. The molecule has 0 atom stereocenters. The number of anilines is 3. The number of nitrogens with zero attached hydrogens (tertiary/aromatic N) is 1. The first-order valence-electron chi connectivity index (χ1n) is 15.7. The van der Waals surface area contributed by atoms with Gasteiger partial charge in [-0.05, 0) is 74.8 Å². The summed E-state index contributed by atoms with van der Waals surface area (Å²) in [5.41, 5.74) is 8.35. The molecule has 0 amide bonds. The fourth-order valence-corrected chi connectivity index (χ4v) is 8.08. The monoisotopic (exact) mass is 603 g/mol. The Balaban J connectivity index is 1.31. The summed E-state index contributed by atoms with van der Waals surface area (Å²) in [4.78, 5) is 2.47. The molecule has 0 radical (unpaired) electrons. The van der Waals surface area contributed by atoms with Crippen LogP contribution in [0.4, 0.5) is 17.1 Å². The van der Waals surface area contributed by atoms with Crippen molar-refractivity contribution in [3.63, 3.8) is 0 Å². The second kappa shape index (κ2) is 11.0. The van der Waals surface area contributed by atoms with Crippen LogP contribution in [0.1, 0.15) is 0 Å². The molecule has 0 spiro atoms. The van der Waals surface area contributed by atoms with Crippen LogP contribution in [0.3, 0.4) is 0 Å². The van der Waals surface area contributed by atoms with E-state index in [2.05, 4.69) is 181 Å². The second-order valence-electron chi connectivity index (χ2n) is 11.7. The molecule has 1 nitrogen and oxygen atoms in total. The van der Waals surface area contributed by atoms with Crippen LogP contribution in [0.5, 0.6) is 0 Å². The van der Waals surface area contributed by atoms with Crippen LogP contribution in [-0.2, 0) is 0 Å². The molecule has 0 aliphatic carbocycles. The predicted molar refractivity (Wildman–Crippen MR) is 200 cm³/mol. The predicted octanol–water partition coefficient (Wildman–Crippen LogP) is 13.2. The largest absolute Gasteiger partial charge is 0.308 e. The van der Waals surface area contributed by atoms with E-state index in [9.17, 15) is 0 Å². The topological polar surface area (TPSA) is 3.24 Å². The maximum Gasteiger partial charge on any atom is 0.0718 e. The average Bonchev–Trinajstić information content (AvgIpc) is 3.50. The average molecular weight is 604 g/mol. The standard InChI is InChI=1S/C44H29NS/c1-2-12-30(13-3-1)33-17-10-18-36(28-33)45(35-26-24-32(25-27-35)38-22-11-16-31-14-4-6-19-37(31)38)43-39-20-7-5-15-34(39)29-41-40-21-8-9-23-42(40)46-44(41)43/h1-29H. The number of rotatable bonds is 5. The van der Waals surface area contributed by atoms with Gasteiger partial charge in [0, 0.05) is 32.2 Å². The van der Waals surface area contributed by atoms with E-state index < -0.39 is 0 Å². The van der Waals surface area contributed by atoms with E-state index in [-0.39, 0.29) is 0 Å². The molecule has 0 N–H and O–H groups in total. The molecule has 0 aliphatic rings. The van der Waals surface area contributed by atoms with Crippen molar-refractivity contribution in [2.75, 3.05) is 4.90 Å². The van der Waals surface area contributed by atoms with Crippen molar-refractivity contribution in [3.8, 4) is 22.3 Å². The normalized spacial score (nSPS) is 11.5. The lowest BCUT2D eigenvalue weighted by Gasteiger charge is -2.28. The highest BCUT2D eigenvalue weighted by molar-refractivity contribution is 7.26. The van der Waals surface area contributed by atoms with E-state index in [4.69, 9.17) is 0 Å². The molecule has 8 aromatic carbocycles. The van der Waals surface area contributed by atoms with Crippen LogP contribution < -0.4 is 4.90 Å². The van der Waals surface area contributed by atoms with Crippen LogP contribution in [-0.4, -0.2) is 0 Å². The molecule has 9 aromatic rings. The van der Waals surface area contributed by atoms with Crippen LogP contribution >= 0.6 is 11.3 Å². The van der Waals surface area contributed by atoms with E-state index in [1.54, 1.807) is 0 Å². The fourth-order valence-electron chi connectivity index (χ4n) is 6.85. The lowest BCUT2D eigenvalue weighted by atomic mass is 9.97. The van der Waals surface area contributed by atoms with Gasteiger partial charge in [-0.15, -0.1) is 11.3 Å². The molecule has 2 heteroatoms. The lowest BCUT2D eigenvalue weighted by Crippen LogP contribution is -2.11. The maximum atomic E-state index is 2.47. The molecule has 46 heavy (non-hydrogen) atoms. The number of hydrogen-bond acceptors (Lipinski definition) is 2. The highest BCUT2D eigenvalue weighted by atomic mass is 32.1. The maximum absolute atomic E-state index is 2.47. The Morgan fingerprint density at radius 2 is 1.02 bits per heavy atom. The van der Waals surface area contributed by atoms with Gasteiger partial charge < -0.3 is 4.90 Å². The Hall–Kier alpha value is -5.70. The molecular weight excluding hydrogens is 575 g/mol. The van der Waals surface area contributed by atoms with E-state index in [1.165, 1.54) is 69.7 Å². The molecule has 0 bridgehead atoms. The Bertz CT molecular complexity index is 2520. The van der Waals surface area contributed by atoms with Gasteiger partial charge >= 0.3 is 0 Å². The van der Waals surface area contributed by atoms with Gasteiger partial charge in [0.1, 0.15) is 0 Å². The van der Waals surface area contributed by atoms with Crippen molar-refractivity contribution in [3.05, 3.63) is 176 Å². The van der Waals surface area contributed by atoms with Crippen molar-refractivity contribution in [2.45, 2.75) is 0 Å². The molecule has 0 fully saturated rings. The van der Waals surface area contributed by atoms with Gasteiger partial charge in [-0.3, -0.25) is 0 Å². The molecule has 9 rings (SSSR count). The van der Waals surface area contributed by atoms with Gasteiger partial charge in [0.25, 0.3) is 0 Å². The van der Waals surface area contributed by atoms with Gasteiger partial charge in [-0.2, -0.15) is 0 Å². The Morgan fingerprint density at radius 1 is 0.370 bits per heavy atom. The molecular formula is C44H29NS. The van der Waals surface area contributed by atoms with Crippen LogP contribution in [0.2, 0.25) is 0 Å². The molecule has 0 unspecified atom stereocenters. The van der Waals surface area contributed by atoms with Crippen molar-refractivity contribution in [2.24, 2.45) is 0 Å². The number of thiophene rings is 1. The third-order valence-electron chi connectivity index (χ3n) is 9.03. The summed E-state index contributed by atoms with van der Waals surface area (Å²) in [6, 6.07) is 63.9. The first-order chi connectivity index (χ1) is 22.8. The Kier molecular flexibility index (Phi) is 6.40. The summed E-state index contributed by atoms with van der Waals surface area (Å²) in [6.07, 6.45) is 0. The minimum Gasteiger partial charge on any atom is -0.308 e. The molecule has 0 saturated heterocycles. The zero-order chi connectivity index (χ0) is 30.5. The quantitative estimate of drug-likeness (QED) is 0.189. The van der Waals surface area contributed by atoms with Crippen LogP contribution in [0, 0.1) is 0 Å². The first-order valence-corrected chi connectivity index (χ1v) is 16.5. The van der Waals surface area contributed by atoms with Gasteiger partial charge in [0.15, 0.2) is 0 Å². The van der Waals surface area contributed by atoms with Gasteiger partial charge in [0.05, 0.1) is 10.4 Å². The SMILES string of the molecule is c1ccc(-c2cccc(N(c3ccc(-c4cccc5ccccc45)cc3)c3c4ccccc4cc4c3sc3ccccc34)c2)cc1. The van der Waals surface area contributed by atoms with E-state index in [0.717, 1.165) is 11.4 Å². The second-order valence-corrected chi connectivity index (χ2v) is 12.8. The van der Waals surface area contributed by atoms with Crippen molar-refractivity contribution < 1.29 is 0 Å². The molecule has 0 aliphatic heterocycles. The fraction of sp³-hybridized carbons (Fsp3) is 0. The summed E-state index contributed by atoms with van der Waals surface area (Å²) >= 11 is 1.88. The number of hydrogen-bond donors (Lipinski definition) is 0. The minimum absolute atomic E-state index is 1.13.